The fourth-order valence-electron chi connectivity index (χ4n) is 2.64. The third kappa shape index (κ3) is 4.00. The lowest BCUT2D eigenvalue weighted by molar-refractivity contribution is -0.00469. The number of carbonyl (C=O) groups is 1. The Morgan fingerprint density at radius 3 is 2.67 bits per heavy atom. The molecule has 118 valence electrons. The molecular weight excluding hydrogens is 268 g/mol. The Morgan fingerprint density at radius 1 is 1.43 bits per heavy atom. The molecular formula is C16H26N2O3. The average molecular weight is 294 g/mol. The van der Waals surface area contributed by atoms with Crippen molar-refractivity contribution in [2.45, 2.75) is 52.3 Å². The molecule has 1 amide bonds. The van der Waals surface area contributed by atoms with Crippen LogP contribution in [0.25, 0.3) is 0 Å². The molecule has 0 saturated carbocycles. The Bertz CT molecular complexity index is 464. The molecule has 21 heavy (non-hydrogen) atoms. The third-order valence-electron chi connectivity index (χ3n) is 3.79. The number of ether oxygens (including phenoxy) is 1. The van der Waals surface area contributed by atoms with Crippen LogP contribution in [0.1, 0.15) is 46.4 Å². The quantitative estimate of drug-likeness (QED) is 0.839. The van der Waals surface area contributed by atoms with Crippen molar-refractivity contribution >= 4 is 6.09 Å². The lowest BCUT2D eigenvalue weighted by Gasteiger charge is -2.42. The van der Waals surface area contributed by atoms with Gasteiger partial charge in [0, 0.05) is 25.7 Å². The SMILES string of the molecule is C[C@@H]1CN([C@@H](C)c2ccco2)CCN1C(=O)OC(C)(C)C. The molecule has 1 aromatic heterocycles. The van der Waals surface area contributed by atoms with E-state index in [9.17, 15) is 4.79 Å². The average Bonchev–Trinajstić information content (AvgIpc) is 2.89. The zero-order valence-corrected chi connectivity index (χ0v) is 13.6. The maximum atomic E-state index is 12.2. The minimum Gasteiger partial charge on any atom is -0.468 e. The molecule has 0 unspecified atom stereocenters. The van der Waals surface area contributed by atoms with E-state index in [1.807, 2.05) is 37.8 Å². The summed E-state index contributed by atoms with van der Waals surface area (Å²) in [6.07, 6.45) is 1.48. The highest BCUT2D eigenvalue weighted by Gasteiger charge is 2.33. The fourth-order valence-corrected chi connectivity index (χ4v) is 2.64. The molecule has 0 radical (unpaired) electrons. The van der Waals surface area contributed by atoms with Crippen molar-refractivity contribution in [3.05, 3.63) is 24.2 Å². The number of amides is 1. The van der Waals surface area contributed by atoms with Crippen LogP contribution in [0.2, 0.25) is 0 Å². The van der Waals surface area contributed by atoms with E-state index in [1.165, 1.54) is 0 Å². The molecule has 1 aliphatic heterocycles. The normalized spacial score (nSPS) is 22.1. The van der Waals surface area contributed by atoms with Gasteiger partial charge < -0.3 is 14.1 Å². The Labute approximate surface area is 126 Å². The number of nitrogens with zero attached hydrogens (tertiary/aromatic N) is 2. The predicted molar refractivity (Wildman–Crippen MR) is 81.1 cm³/mol. The van der Waals surface area contributed by atoms with Gasteiger partial charge in [0.1, 0.15) is 11.4 Å². The highest BCUT2D eigenvalue weighted by molar-refractivity contribution is 5.68. The van der Waals surface area contributed by atoms with Gasteiger partial charge in [-0.1, -0.05) is 0 Å². The molecule has 0 aromatic carbocycles. The van der Waals surface area contributed by atoms with E-state index in [0.29, 0.717) is 6.54 Å². The lowest BCUT2D eigenvalue weighted by Crippen LogP contribution is -2.55. The summed E-state index contributed by atoms with van der Waals surface area (Å²) in [6.45, 7) is 12.2. The second kappa shape index (κ2) is 6.10. The smallest absolute Gasteiger partial charge is 0.410 e. The first kappa shape index (κ1) is 15.9. The van der Waals surface area contributed by atoms with Crippen LogP contribution < -0.4 is 0 Å². The number of rotatable bonds is 2. The Hall–Kier alpha value is -1.49. The zero-order chi connectivity index (χ0) is 15.6. The molecule has 2 rings (SSSR count). The van der Waals surface area contributed by atoms with Crippen molar-refractivity contribution in [3.63, 3.8) is 0 Å². The molecule has 5 nitrogen and oxygen atoms in total. The molecule has 1 aromatic rings. The fraction of sp³-hybridized carbons (Fsp3) is 0.688. The summed E-state index contributed by atoms with van der Waals surface area (Å²) >= 11 is 0. The van der Waals surface area contributed by atoms with Crippen molar-refractivity contribution in [3.8, 4) is 0 Å². The highest BCUT2D eigenvalue weighted by Crippen LogP contribution is 2.24. The number of hydrogen-bond donors (Lipinski definition) is 0. The molecule has 1 aliphatic rings. The van der Waals surface area contributed by atoms with Crippen LogP contribution >= 0.6 is 0 Å². The standard InChI is InChI=1S/C16H26N2O3/c1-12-11-17(13(2)14-7-6-10-20-14)8-9-18(12)15(19)21-16(3,4)5/h6-7,10,12-13H,8-9,11H2,1-5H3/t12-,13+/m1/s1. The Morgan fingerprint density at radius 2 is 2.14 bits per heavy atom. The van der Waals surface area contributed by atoms with Crippen LogP contribution in [0.3, 0.4) is 0 Å². The minimum absolute atomic E-state index is 0.131. The van der Waals surface area contributed by atoms with E-state index in [4.69, 9.17) is 9.15 Å². The molecule has 2 atom stereocenters. The van der Waals surface area contributed by atoms with Crippen molar-refractivity contribution in [1.29, 1.82) is 0 Å². The maximum Gasteiger partial charge on any atom is 0.410 e. The van der Waals surface area contributed by atoms with E-state index in [1.54, 1.807) is 6.26 Å². The van der Waals surface area contributed by atoms with Gasteiger partial charge in [-0.2, -0.15) is 0 Å². The van der Waals surface area contributed by atoms with Crippen molar-refractivity contribution in [2.24, 2.45) is 0 Å². The molecule has 2 heterocycles. The summed E-state index contributed by atoms with van der Waals surface area (Å²) in [4.78, 5) is 16.3. The van der Waals surface area contributed by atoms with Gasteiger partial charge in [0.2, 0.25) is 0 Å². The molecule has 0 bridgehead atoms. The molecule has 5 heteroatoms. The number of furan rings is 1. The summed E-state index contributed by atoms with van der Waals surface area (Å²) in [5, 5.41) is 0. The molecule has 1 saturated heterocycles. The summed E-state index contributed by atoms with van der Waals surface area (Å²) < 4.78 is 10.9. The van der Waals surface area contributed by atoms with Crippen molar-refractivity contribution in [1.82, 2.24) is 9.80 Å². The topological polar surface area (TPSA) is 45.9 Å². The zero-order valence-electron chi connectivity index (χ0n) is 13.6. The van der Waals surface area contributed by atoms with Gasteiger partial charge in [-0.3, -0.25) is 4.90 Å². The van der Waals surface area contributed by atoms with Gasteiger partial charge in [0.25, 0.3) is 0 Å². The summed E-state index contributed by atoms with van der Waals surface area (Å²) in [7, 11) is 0. The number of hydrogen-bond acceptors (Lipinski definition) is 4. The second-order valence-corrected chi connectivity index (χ2v) is 6.71. The maximum absolute atomic E-state index is 12.2. The van der Waals surface area contributed by atoms with E-state index in [-0.39, 0.29) is 18.2 Å². The summed E-state index contributed by atoms with van der Waals surface area (Å²) in [5.41, 5.74) is -0.449. The van der Waals surface area contributed by atoms with Crippen LogP contribution in [0.15, 0.2) is 22.8 Å². The first-order valence-corrected chi connectivity index (χ1v) is 7.55. The van der Waals surface area contributed by atoms with Gasteiger partial charge in [0.05, 0.1) is 12.3 Å². The van der Waals surface area contributed by atoms with Crippen LogP contribution in [-0.4, -0.2) is 47.2 Å². The minimum atomic E-state index is -0.449. The van der Waals surface area contributed by atoms with Crippen LogP contribution in [0.5, 0.6) is 0 Å². The largest absolute Gasteiger partial charge is 0.468 e. The van der Waals surface area contributed by atoms with Gasteiger partial charge in [-0.05, 0) is 46.8 Å². The van der Waals surface area contributed by atoms with Gasteiger partial charge in [0.15, 0.2) is 0 Å². The first-order valence-electron chi connectivity index (χ1n) is 7.55. The van der Waals surface area contributed by atoms with Gasteiger partial charge >= 0.3 is 6.09 Å². The van der Waals surface area contributed by atoms with E-state index in [2.05, 4.69) is 18.7 Å². The van der Waals surface area contributed by atoms with Crippen molar-refractivity contribution in [2.75, 3.05) is 19.6 Å². The van der Waals surface area contributed by atoms with Crippen LogP contribution in [0.4, 0.5) is 4.79 Å². The molecule has 1 fully saturated rings. The number of piperazine rings is 1. The van der Waals surface area contributed by atoms with Gasteiger partial charge in [-0.15, -0.1) is 0 Å². The number of carbonyl (C=O) groups excluding carboxylic acids is 1. The highest BCUT2D eigenvalue weighted by atomic mass is 16.6. The van der Waals surface area contributed by atoms with Crippen molar-refractivity contribution < 1.29 is 13.9 Å². The second-order valence-electron chi connectivity index (χ2n) is 6.71. The summed E-state index contributed by atoms with van der Waals surface area (Å²) in [6, 6.07) is 4.26. The lowest BCUT2D eigenvalue weighted by atomic mass is 10.1. The van der Waals surface area contributed by atoms with Gasteiger partial charge in [-0.25, -0.2) is 4.79 Å². The predicted octanol–water partition coefficient (Wildman–Crippen LogP) is 3.28. The Balaban J connectivity index is 1.94. The molecule has 0 aliphatic carbocycles. The van der Waals surface area contributed by atoms with E-state index < -0.39 is 5.60 Å². The van der Waals surface area contributed by atoms with Crippen LogP contribution in [-0.2, 0) is 4.74 Å². The molecule has 0 N–H and O–H groups in total. The monoisotopic (exact) mass is 294 g/mol. The first-order chi connectivity index (χ1) is 9.78. The van der Waals surface area contributed by atoms with E-state index in [0.717, 1.165) is 18.8 Å². The molecule has 0 spiro atoms. The summed E-state index contributed by atoms with van der Waals surface area (Å²) in [5.74, 6) is 0.966. The third-order valence-corrected chi connectivity index (χ3v) is 3.79. The Kier molecular flexibility index (Phi) is 4.61. The van der Waals surface area contributed by atoms with E-state index >= 15 is 0 Å². The van der Waals surface area contributed by atoms with Crippen LogP contribution in [0, 0.1) is 0 Å².